The number of aryl methyl sites for hydroxylation is 1. The van der Waals surface area contributed by atoms with Crippen molar-refractivity contribution in [3.8, 4) is 0 Å². The highest BCUT2D eigenvalue weighted by molar-refractivity contribution is 5.89. The molecule has 0 spiro atoms. The maximum atomic E-state index is 12.6. The fraction of sp³-hybridized carbons (Fsp3) is 0.250. The van der Waals surface area contributed by atoms with Gasteiger partial charge in [0.05, 0.1) is 5.56 Å². The lowest BCUT2D eigenvalue weighted by Crippen LogP contribution is -2.21. The summed E-state index contributed by atoms with van der Waals surface area (Å²) < 4.78 is 43.1. The number of furan rings is 1. The molecule has 1 heterocycles. The first kappa shape index (κ1) is 13.4. The fourth-order valence-corrected chi connectivity index (χ4v) is 1.93. The van der Waals surface area contributed by atoms with Crippen LogP contribution in [0, 0.1) is 6.92 Å². The lowest BCUT2D eigenvalue weighted by Gasteiger charge is -2.08. The molecule has 0 saturated heterocycles. The fourth-order valence-electron chi connectivity index (χ4n) is 1.93. The molecule has 1 aromatic carbocycles. The van der Waals surface area contributed by atoms with Crippen molar-refractivity contribution in [2.24, 2.45) is 5.73 Å². The summed E-state index contributed by atoms with van der Waals surface area (Å²) in [4.78, 5) is 10.9. The van der Waals surface area contributed by atoms with Gasteiger partial charge in [-0.2, -0.15) is 13.2 Å². The van der Waals surface area contributed by atoms with Crippen molar-refractivity contribution in [1.29, 1.82) is 0 Å². The van der Waals surface area contributed by atoms with Crippen LogP contribution in [0.15, 0.2) is 22.6 Å². The van der Waals surface area contributed by atoms with E-state index in [1.165, 1.54) is 6.92 Å². The number of carbonyl (C=O) groups is 1. The van der Waals surface area contributed by atoms with Crippen LogP contribution in [-0.2, 0) is 11.0 Å². The number of rotatable bonds is 2. The topological polar surface area (TPSA) is 76.5 Å². The minimum atomic E-state index is -4.51. The van der Waals surface area contributed by atoms with Gasteiger partial charge in [-0.05, 0) is 25.1 Å². The largest absolute Gasteiger partial charge is 0.480 e. The lowest BCUT2D eigenvalue weighted by molar-refractivity contribution is -0.139. The number of fused-ring (bicyclic) bond motifs is 1. The number of aliphatic carboxylic acids is 1. The summed E-state index contributed by atoms with van der Waals surface area (Å²) in [6.45, 7) is 1.46. The number of hydrogen-bond donors (Lipinski definition) is 2. The lowest BCUT2D eigenvalue weighted by atomic mass is 10.0. The van der Waals surface area contributed by atoms with Crippen LogP contribution >= 0.6 is 0 Å². The molecule has 102 valence electrons. The first-order chi connectivity index (χ1) is 8.71. The molecule has 0 aliphatic rings. The van der Waals surface area contributed by atoms with Crippen molar-refractivity contribution in [2.75, 3.05) is 0 Å². The van der Waals surface area contributed by atoms with Gasteiger partial charge in [-0.25, -0.2) is 0 Å². The minimum Gasteiger partial charge on any atom is -0.480 e. The van der Waals surface area contributed by atoms with Gasteiger partial charge >= 0.3 is 12.1 Å². The summed E-state index contributed by atoms with van der Waals surface area (Å²) in [6.07, 6.45) is -4.51. The molecule has 1 aromatic heterocycles. The van der Waals surface area contributed by atoms with Crippen LogP contribution in [0.1, 0.15) is 22.9 Å². The molecule has 3 N–H and O–H groups in total. The summed E-state index contributed by atoms with van der Waals surface area (Å²) in [6, 6.07) is 1.46. The van der Waals surface area contributed by atoms with E-state index in [-0.39, 0.29) is 22.3 Å². The highest BCUT2D eigenvalue weighted by Crippen LogP contribution is 2.35. The van der Waals surface area contributed by atoms with Crippen molar-refractivity contribution in [3.63, 3.8) is 0 Å². The number of benzene rings is 1. The van der Waals surface area contributed by atoms with E-state index in [0.717, 1.165) is 18.2 Å². The molecule has 0 aliphatic heterocycles. The summed E-state index contributed by atoms with van der Waals surface area (Å²) in [5, 5.41) is 8.95. The van der Waals surface area contributed by atoms with Gasteiger partial charge in [-0.15, -0.1) is 0 Å². The Balaban J connectivity index is 2.70. The second kappa shape index (κ2) is 4.27. The van der Waals surface area contributed by atoms with E-state index < -0.39 is 23.8 Å². The monoisotopic (exact) mass is 273 g/mol. The van der Waals surface area contributed by atoms with Crippen molar-refractivity contribution >= 4 is 16.9 Å². The normalized spacial score (nSPS) is 13.7. The Morgan fingerprint density at radius 2 is 2.05 bits per heavy atom. The standard InChI is InChI=1S/C12H10F3NO3/c1-5-9(10(16)11(17)18)7-4-6(12(13,14)15)2-3-8(7)19-5/h2-4,10H,16H2,1H3,(H,17,18). The van der Waals surface area contributed by atoms with Gasteiger partial charge in [-0.1, -0.05) is 0 Å². The van der Waals surface area contributed by atoms with Crippen LogP contribution in [0.4, 0.5) is 13.2 Å². The van der Waals surface area contributed by atoms with Crippen molar-refractivity contribution in [1.82, 2.24) is 0 Å². The predicted molar refractivity (Wildman–Crippen MR) is 60.5 cm³/mol. The molecular weight excluding hydrogens is 263 g/mol. The molecule has 1 unspecified atom stereocenters. The maximum Gasteiger partial charge on any atom is 0.416 e. The molecule has 0 aliphatic carbocycles. The molecule has 0 amide bonds. The average Bonchev–Trinajstić information content (AvgIpc) is 2.61. The Morgan fingerprint density at radius 3 is 2.58 bits per heavy atom. The predicted octanol–water partition coefficient (Wildman–Crippen LogP) is 2.84. The zero-order chi connectivity index (χ0) is 14.4. The summed E-state index contributed by atoms with van der Waals surface area (Å²) in [5.41, 5.74) is 4.83. The van der Waals surface area contributed by atoms with Gasteiger partial charge in [0.1, 0.15) is 17.4 Å². The SMILES string of the molecule is Cc1oc2ccc(C(F)(F)F)cc2c1C(N)C(=O)O. The molecule has 19 heavy (non-hydrogen) atoms. The molecule has 1 atom stereocenters. The van der Waals surface area contributed by atoms with Crippen LogP contribution in [-0.4, -0.2) is 11.1 Å². The number of nitrogens with two attached hydrogens (primary N) is 1. The quantitative estimate of drug-likeness (QED) is 0.882. The van der Waals surface area contributed by atoms with E-state index >= 15 is 0 Å². The highest BCUT2D eigenvalue weighted by Gasteiger charge is 2.32. The van der Waals surface area contributed by atoms with Crippen molar-refractivity contribution in [3.05, 3.63) is 35.1 Å². The van der Waals surface area contributed by atoms with Crippen LogP contribution in [0.2, 0.25) is 0 Å². The first-order valence-electron chi connectivity index (χ1n) is 5.30. The van der Waals surface area contributed by atoms with E-state index in [4.69, 9.17) is 15.3 Å². The van der Waals surface area contributed by atoms with Crippen LogP contribution < -0.4 is 5.73 Å². The summed E-state index contributed by atoms with van der Waals surface area (Å²) in [7, 11) is 0. The summed E-state index contributed by atoms with van der Waals surface area (Å²) in [5.74, 6) is -1.13. The molecular formula is C12H10F3NO3. The van der Waals surface area contributed by atoms with Gasteiger partial charge in [-0.3, -0.25) is 4.79 Å². The summed E-state index contributed by atoms with van der Waals surface area (Å²) >= 11 is 0. The van der Waals surface area contributed by atoms with Crippen LogP contribution in [0.3, 0.4) is 0 Å². The molecule has 0 radical (unpaired) electrons. The van der Waals surface area contributed by atoms with Gasteiger partial charge in [0.2, 0.25) is 0 Å². The molecule has 0 fully saturated rings. The molecule has 2 aromatic rings. The molecule has 2 rings (SSSR count). The number of alkyl halides is 3. The zero-order valence-corrected chi connectivity index (χ0v) is 9.78. The van der Waals surface area contributed by atoms with Gasteiger partial charge in [0.15, 0.2) is 0 Å². The zero-order valence-electron chi connectivity index (χ0n) is 9.78. The Kier molecular flexibility index (Phi) is 3.01. The Bertz CT molecular complexity index is 645. The second-order valence-corrected chi connectivity index (χ2v) is 4.10. The molecule has 4 nitrogen and oxygen atoms in total. The molecule has 0 saturated carbocycles. The number of hydrogen-bond acceptors (Lipinski definition) is 3. The number of carboxylic acids is 1. The average molecular weight is 273 g/mol. The number of carboxylic acid groups (broad SMARTS) is 1. The van der Waals surface area contributed by atoms with E-state index in [1.54, 1.807) is 0 Å². The van der Waals surface area contributed by atoms with E-state index in [2.05, 4.69) is 0 Å². The Hall–Kier alpha value is -2.02. The minimum absolute atomic E-state index is 0.0635. The van der Waals surface area contributed by atoms with Crippen molar-refractivity contribution in [2.45, 2.75) is 19.1 Å². The Labute approximate surface area is 105 Å². The molecule has 0 bridgehead atoms. The Morgan fingerprint density at radius 1 is 1.42 bits per heavy atom. The highest BCUT2D eigenvalue weighted by atomic mass is 19.4. The van der Waals surface area contributed by atoms with E-state index in [9.17, 15) is 18.0 Å². The third-order valence-corrected chi connectivity index (χ3v) is 2.82. The number of halogens is 3. The smallest absolute Gasteiger partial charge is 0.416 e. The maximum absolute atomic E-state index is 12.6. The first-order valence-corrected chi connectivity index (χ1v) is 5.30. The van der Waals surface area contributed by atoms with E-state index in [1.807, 2.05) is 0 Å². The van der Waals surface area contributed by atoms with Gasteiger partial charge in [0.25, 0.3) is 0 Å². The third kappa shape index (κ3) is 2.28. The van der Waals surface area contributed by atoms with Gasteiger partial charge in [0, 0.05) is 10.9 Å². The van der Waals surface area contributed by atoms with Crippen molar-refractivity contribution < 1.29 is 27.5 Å². The van der Waals surface area contributed by atoms with Crippen LogP contribution in [0.25, 0.3) is 11.0 Å². The van der Waals surface area contributed by atoms with E-state index in [0.29, 0.717) is 0 Å². The van der Waals surface area contributed by atoms with Gasteiger partial charge < -0.3 is 15.3 Å². The molecule has 7 heteroatoms. The second-order valence-electron chi connectivity index (χ2n) is 4.10. The van der Waals surface area contributed by atoms with Crippen LogP contribution in [0.5, 0.6) is 0 Å². The third-order valence-electron chi connectivity index (χ3n) is 2.82.